The first-order valence-electron chi connectivity index (χ1n) is 9.74. The number of rotatable bonds is 12. The Labute approximate surface area is 170 Å². The van der Waals surface area contributed by atoms with Gasteiger partial charge in [-0.25, -0.2) is 4.89 Å². The third-order valence-corrected chi connectivity index (χ3v) is 9.03. The van der Waals surface area contributed by atoms with Crippen LogP contribution < -0.4 is 0 Å². The highest BCUT2D eigenvalue weighted by Crippen LogP contribution is 2.37. The summed E-state index contributed by atoms with van der Waals surface area (Å²) in [7, 11) is -0.458. The molecule has 0 N–H and O–H groups in total. The van der Waals surface area contributed by atoms with Crippen molar-refractivity contribution in [2.75, 3.05) is 20.3 Å². The summed E-state index contributed by atoms with van der Waals surface area (Å²) < 4.78 is 22.2. The molecular formula is C21H36O6Si. The number of esters is 1. The largest absolute Gasteiger partial charge is 0.458 e. The first-order chi connectivity index (χ1) is 13.1. The second-order valence-electron chi connectivity index (χ2n) is 8.32. The van der Waals surface area contributed by atoms with Gasteiger partial charge in [0.2, 0.25) is 8.32 Å². The maximum atomic E-state index is 11.5. The summed E-state index contributed by atoms with van der Waals surface area (Å²) in [4.78, 5) is 17.2. The standard InChI is InChI=1S/C21H36O6Si/c1-17(22)25-19(18-11-9-8-10-12-18)13-14-20(24-16-15-23-5)26-27-28(6,7)21(2,3)4/h8-12,19-20H,13-16H2,1-7H3. The summed E-state index contributed by atoms with van der Waals surface area (Å²) in [6, 6.07) is 9.68. The van der Waals surface area contributed by atoms with E-state index in [0.717, 1.165) is 5.56 Å². The van der Waals surface area contributed by atoms with Crippen molar-refractivity contribution < 1.29 is 28.5 Å². The van der Waals surface area contributed by atoms with Crippen LogP contribution >= 0.6 is 0 Å². The van der Waals surface area contributed by atoms with Crippen molar-refractivity contribution in [3.8, 4) is 0 Å². The Hall–Kier alpha value is -1.25. The highest BCUT2D eigenvalue weighted by Gasteiger charge is 2.39. The zero-order valence-electron chi connectivity index (χ0n) is 18.3. The van der Waals surface area contributed by atoms with Gasteiger partial charge in [0.15, 0.2) is 6.29 Å². The molecule has 0 amide bonds. The lowest BCUT2D eigenvalue weighted by atomic mass is 10.0. The van der Waals surface area contributed by atoms with Crippen LogP contribution in [0.3, 0.4) is 0 Å². The van der Waals surface area contributed by atoms with Gasteiger partial charge in [0.1, 0.15) is 6.10 Å². The molecule has 1 rings (SSSR count). The van der Waals surface area contributed by atoms with Crippen molar-refractivity contribution in [3.63, 3.8) is 0 Å². The highest BCUT2D eigenvalue weighted by atomic mass is 28.4. The van der Waals surface area contributed by atoms with Crippen LogP contribution in [-0.4, -0.2) is 40.9 Å². The molecule has 0 aliphatic carbocycles. The fourth-order valence-corrected chi connectivity index (χ4v) is 2.77. The molecule has 0 fully saturated rings. The molecule has 0 radical (unpaired) electrons. The van der Waals surface area contributed by atoms with Crippen LogP contribution in [0, 0.1) is 0 Å². The second-order valence-corrected chi connectivity index (χ2v) is 13.0. The van der Waals surface area contributed by atoms with E-state index in [1.807, 2.05) is 30.3 Å². The summed E-state index contributed by atoms with van der Waals surface area (Å²) in [5, 5.41) is 0.0222. The maximum absolute atomic E-state index is 11.5. The number of benzene rings is 1. The average Bonchev–Trinajstić information content (AvgIpc) is 2.62. The maximum Gasteiger partial charge on any atom is 0.303 e. The molecule has 6 nitrogen and oxygen atoms in total. The smallest absolute Gasteiger partial charge is 0.303 e. The molecule has 28 heavy (non-hydrogen) atoms. The molecule has 1 aromatic rings. The van der Waals surface area contributed by atoms with Gasteiger partial charge in [0.05, 0.1) is 13.2 Å². The Morgan fingerprint density at radius 2 is 1.71 bits per heavy atom. The molecule has 2 atom stereocenters. The Morgan fingerprint density at radius 3 is 2.25 bits per heavy atom. The van der Waals surface area contributed by atoms with Crippen molar-refractivity contribution in [1.82, 2.24) is 0 Å². The van der Waals surface area contributed by atoms with Gasteiger partial charge in [-0.15, -0.1) is 0 Å². The first kappa shape index (κ1) is 24.8. The van der Waals surface area contributed by atoms with Gasteiger partial charge in [-0.3, -0.25) is 9.37 Å². The van der Waals surface area contributed by atoms with Crippen molar-refractivity contribution in [1.29, 1.82) is 0 Å². The third kappa shape index (κ3) is 8.83. The predicted molar refractivity (Wildman–Crippen MR) is 111 cm³/mol. The number of carbonyl (C=O) groups is 1. The Morgan fingerprint density at radius 1 is 1.07 bits per heavy atom. The monoisotopic (exact) mass is 412 g/mol. The van der Waals surface area contributed by atoms with Crippen molar-refractivity contribution >= 4 is 14.3 Å². The van der Waals surface area contributed by atoms with Crippen LogP contribution in [-0.2, 0) is 28.5 Å². The minimum absolute atomic E-state index is 0.0222. The van der Waals surface area contributed by atoms with Gasteiger partial charge in [-0.05, 0) is 30.1 Å². The van der Waals surface area contributed by atoms with E-state index in [4.69, 9.17) is 23.7 Å². The van der Waals surface area contributed by atoms with Gasteiger partial charge in [-0.1, -0.05) is 51.1 Å². The molecular weight excluding hydrogens is 376 g/mol. The van der Waals surface area contributed by atoms with Crippen molar-refractivity contribution in [2.45, 2.75) is 71.1 Å². The van der Waals surface area contributed by atoms with Crippen LogP contribution in [0.1, 0.15) is 52.2 Å². The predicted octanol–water partition coefficient (Wildman–Crippen LogP) is 5.01. The van der Waals surface area contributed by atoms with Crippen molar-refractivity contribution in [3.05, 3.63) is 35.9 Å². The van der Waals surface area contributed by atoms with Gasteiger partial charge < -0.3 is 14.2 Å². The topological polar surface area (TPSA) is 63.2 Å². The lowest BCUT2D eigenvalue weighted by Gasteiger charge is -2.35. The summed E-state index contributed by atoms with van der Waals surface area (Å²) >= 11 is 0. The molecule has 0 spiro atoms. The minimum atomic E-state index is -2.08. The molecule has 0 aliphatic heterocycles. The molecule has 0 bridgehead atoms. The third-order valence-electron chi connectivity index (χ3n) is 4.91. The molecule has 7 heteroatoms. The van der Waals surface area contributed by atoms with E-state index in [9.17, 15) is 4.79 Å². The quantitative estimate of drug-likeness (QED) is 0.120. The van der Waals surface area contributed by atoms with Gasteiger partial charge in [-0.2, -0.15) is 0 Å². The molecule has 0 heterocycles. The summed E-state index contributed by atoms with van der Waals surface area (Å²) in [5.74, 6) is -0.316. The lowest BCUT2D eigenvalue weighted by molar-refractivity contribution is -0.332. The highest BCUT2D eigenvalue weighted by molar-refractivity contribution is 6.73. The summed E-state index contributed by atoms with van der Waals surface area (Å²) in [5.41, 5.74) is 0.943. The molecule has 0 aromatic heterocycles. The van der Waals surface area contributed by atoms with Crippen LogP contribution in [0.2, 0.25) is 18.1 Å². The van der Waals surface area contributed by atoms with E-state index in [2.05, 4.69) is 33.9 Å². The molecule has 0 saturated carbocycles. The van der Waals surface area contributed by atoms with E-state index in [1.165, 1.54) is 6.92 Å². The SMILES string of the molecule is COCCOC(CCC(OC(C)=O)c1ccccc1)OO[Si](C)(C)C(C)(C)C. The number of hydrogen-bond donors (Lipinski definition) is 0. The number of methoxy groups -OCH3 is 1. The minimum Gasteiger partial charge on any atom is -0.458 e. The van der Waals surface area contributed by atoms with E-state index in [-0.39, 0.29) is 17.1 Å². The zero-order valence-corrected chi connectivity index (χ0v) is 19.3. The Bertz CT molecular complexity index is 570. The number of ether oxygens (including phenoxy) is 3. The van der Waals surface area contributed by atoms with E-state index in [0.29, 0.717) is 26.1 Å². The number of hydrogen-bond acceptors (Lipinski definition) is 6. The van der Waals surface area contributed by atoms with E-state index in [1.54, 1.807) is 7.11 Å². The zero-order chi connectivity index (χ0) is 21.2. The molecule has 160 valence electrons. The average molecular weight is 413 g/mol. The van der Waals surface area contributed by atoms with Gasteiger partial charge >= 0.3 is 5.97 Å². The van der Waals surface area contributed by atoms with Crippen molar-refractivity contribution in [2.24, 2.45) is 0 Å². The summed E-state index contributed by atoms with van der Waals surface area (Å²) in [6.45, 7) is 13.0. The number of carbonyl (C=O) groups excluding carboxylic acids is 1. The van der Waals surface area contributed by atoms with E-state index < -0.39 is 14.6 Å². The van der Waals surface area contributed by atoms with Crippen LogP contribution in [0.15, 0.2) is 30.3 Å². The molecule has 0 aliphatic rings. The fraction of sp³-hybridized carbons (Fsp3) is 0.667. The lowest BCUT2D eigenvalue weighted by Crippen LogP contribution is -2.42. The molecule has 0 saturated heterocycles. The normalized spacial score (nSPS) is 14.5. The van der Waals surface area contributed by atoms with Gasteiger partial charge in [0.25, 0.3) is 0 Å². The van der Waals surface area contributed by atoms with Crippen LogP contribution in [0.25, 0.3) is 0 Å². The Kier molecular flexibility index (Phi) is 10.3. The second kappa shape index (κ2) is 11.7. The fourth-order valence-electron chi connectivity index (χ4n) is 2.17. The summed E-state index contributed by atoms with van der Waals surface area (Å²) in [6.07, 6.45) is 0.155. The Balaban J connectivity index is 2.76. The molecule has 2 unspecified atom stereocenters. The van der Waals surface area contributed by atoms with E-state index >= 15 is 0 Å². The van der Waals surface area contributed by atoms with Gasteiger partial charge in [0, 0.05) is 20.5 Å². The molecule has 1 aromatic carbocycles. The van der Waals surface area contributed by atoms with Crippen LogP contribution in [0.5, 0.6) is 0 Å². The van der Waals surface area contributed by atoms with Crippen LogP contribution in [0.4, 0.5) is 0 Å². The first-order valence-corrected chi connectivity index (χ1v) is 12.6.